The number of aromatic nitrogens is 4. The van der Waals surface area contributed by atoms with Gasteiger partial charge in [0.25, 0.3) is 6.33 Å². The first-order chi connectivity index (χ1) is 27.9. The van der Waals surface area contributed by atoms with Gasteiger partial charge in [-0.3, -0.25) is 13.7 Å². The summed E-state index contributed by atoms with van der Waals surface area (Å²) in [5.41, 5.74) is 14.7. The zero-order valence-corrected chi connectivity index (χ0v) is 31.9. The molecule has 1 aliphatic heterocycles. The molecule has 0 atom stereocenters. The summed E-state index contributed by atoms with van der Waals surface area (Å²) in [6.07, 6.45) is 5.72. The van der Waals surface area contributed by atoms with E-state index in [1.54, 1.807) is 0 Å². The Bertz CT molecular complexity index is 3210. The lowest BCUT2D eigenvalue weighted by Crippen LogP contribution is -2.30. The van der Waals surface area contributed by atoms with Crippen LogP contribution >= 0.6 is 0 Å². The lowest BCUT2D eigenvalue weighted by Gasteiger charge is -2.20. The van der Waals surface area contributed by atoms with Crippen LogP contribution in [0, 0.1) is 6.33 Å². The molecule has 0 saturated heterocycles. The number of ether oxygens (including phenoxy) is 1. The standard InChI is InChI=1S/C52H38N4O/c1-52(2,3)34-28-29-53-50(30-34)56-47-24-11-9-21-43(47)44-27-26-37(32-49(44)56)57-36-15-12-14-35(31-36)54-33-55-46-23-10-8-20-42(46)40-18-6-4-16-38(40)39-17-5-7-19-41(39)45-22-13-25-48(54)51(45)55/h4-32H,1-3H3. The van der Waals surface area contributed by atoms with E-state index >= 15 is 0 Å². The number of benzene rings is 7. The molecular formula is C52H38N4O. The van der Waals surface area contributed by atoms with Gasteiger partial charge in [0.2, 0.25) is 0 Å². The number of imidazole rings is 1. The van der Waals surface area contributed by atoms with Crippen LogP contribution in [-0.2, 0) is 5.41 Å². The second-order valence-corrected chi connectivity index (χ2v) is 15.8. The predicted molar refractivity (Wildman–Crippen MR) is 231 cm³/mol. The van der Waals surface area contributed by atoms with E-state index in [2.05, 4.69) is 205 Å². The summed E-state index contributed by atoms with van der Waals surface area (Å²) >= 11 is 0. The van der Waals surface area contributed by atoms with Crippen molar-refractivity contribution in [2.75, 3.05) is 0 Å². The highest BCUT2D eigenvalue weighted by Crippen LogP contribution is 2.43. The van der Waals surface area contributed by atoms with Crippen molar-refractivity contribution in [2.45, 2.75) is 26.2 Å². The van der Waals surface area contributed by atoms with Crippen LogP contribution in [0.3, 0.4) is 0 Å². The van der Waals surface area contributed by atoms with Crippen LogP contribution in [0.25, 0.3) is 83.4 Å². The number of hydrogen-bond acceptors (Lipinski definition) is 2. The Morgan fingerprint density at radius 1 is 0.526 bits per heavy atom. The van der Waals surface area contributed by atoms with E-state index in [1.807, 2.05) is 12.3 Å². The number of rotatable bonds is 4. The van der Waals surface area contributed by atoms with Gasteiger partial charge in [0.15, 0.2) is 0 Å². The minimum absolute atomic E-state index is 0.00611. The van der Waals surface area contributed by atoms with Crippen molar-refractivity contribution in [3.63, 3.8) is 0 Å². The SMILES string of the molecule is CC(C)(C)c1ccnc(-n2c3ccccc3c3ccc(Oc4cccc(-n5[c-][n+]6c7c(cccc75)-c5ccccc5-c5ccccc5-c5ccccc5-6)c4)cc32)c1. The van der Waals surface area contributed by atoms with Crippen LogP contribution in [0.1, 0.15) is 26.3 Å². The van der Waals surface area contributed by atoms with Gasteiger partial charge in [0, 0.05) is 23.0 Å². The molecule has 0 N–H and O–H groups in total. The van der Waals surface area contributed by atoms with E-state index in [9.17, 15) is 0 Å². The van der Waals surface area contributed by atoms with Gasteiger partial charge in [-0.25, -0.2) is 4.98 Å². The van der Waals surface area contributed by atoms with E-state index in [0.29, 0.717) is 0 Å². The summed E-state index contributed by atoms with van der Waals surface area (Å²) in [6, 6.07) is 60.2. The number of pyridine rings is 1. The summed E-state index contributed by atoms with van der Waals surface area (Å²) < 4.78 is 13.4. The molecule has 4 heterocycles. The summed E-state index contributed by atoms with van der Waals surface area (Å²) in [7, 11) is 0. The molecular weight excluding hydrogens is 697 g/mol. The van der Waals surface area contributed by atoms with Gasteiger partial charge < -0.3 is 4.74 Å². The molecule has 57 heavy (non-hydrogen) atoms. The van der Waals surface area contributed by atoms with Gasteiger partial charge in [0.05, 0.1) is 33.4 Å². The molecule has 0 saturated carbocycles. The smallest absolute Gasteiger partial charge is 0.269 e. The van der Waals surface area contributed by atoms with Crippen LogP contribution in [-0.4, -0.2) is 14.1 Å². The van der Waals surface area contributed by atoms with Gasteiger partial charge in [-0.2, -0.15) is 0 Å². The van der Waals surface area contributed by atoms with E-state index < -0.39 is 0 Å². The Labute approximate surface area is 331 Å². The molecule has 1 aliphatic rings. The number of para-hydroxylation sites is 3. The maximum atomic E-state index is 6.73. The predicted octanol–water partition coefficient (Wildman–Crippen LogP) is 12.6. The third-order valence-electron chi connectivity index (χ3n) is 11.3. The maximum absolute atomic E-state index is 6.73. The molecule has 5 nitrogen and oxygen atoms in total. The third-order valence-corrected chi connectivity index (χ3v) is 11.3. The van der Waals surface area contributed by atoms with E-state index in [1.165, 1.54) is 33.2 Å². The number of nitrogens with zero attached hydrogens (tertiary/aromatic N) is 4. The summed E-state index contributed by atoms with van der Waals surface area (Å²) in [6.45, 7) is 6.71. The summed E-state index contributed by atoms with van der Waals surface area (Å²) in [5.74, 6) is 2.38. The molecule has 0 bridgehead atoms. The Morgan fingerprint density at radius 3 is 1.93 bits per heavy atom. The molecule has 5 heteroatoms. The topological polar surface area (TPSA) is 35.9 Å². The Hall–Kier alpha value is -7.24. The quantitative estimate of drug-likeness (QED) is 0.133. The zero-order valence-electron chi connectivity index (χ0n) is 31.9. The fourth-order valence-electron chi connectivity index (χ4n) is 8.63. The Morgan fingerprint density at radius 2 is 1.14 bits per heavy atom. The van der Waals surface area contributed by atoms with Gasteiger partial charge in [-0.1, -0.05) is 130 Å². The highest BCUT2D eigenvalue weighted by Gasteiger charge is 2.24. The first kappa shape index (κ1) is 33.1. The number of fused-ring (bicyclic) bond motifs is 10. The Balaban J connectivity index is 1.05. The van der Waals surface area contributed by atoms with Crippen molar-refractivity contribution in [1.29, 1.82) is 0 Å². The normalized spacial score (nSPS) is 12.1. The highest BCUT2D eigenvalue weighted by molar-refractivity contribution is 6.09. The van der Waals surface area contributed by atoms with Crippen LogP contribution in [0.4, 0.5) is 0 Å². The second-order valence-electron chi connectivity index (χ2n) is 15.8. The molecule has 0 spiro atoms. The van der Waals surface area contributed by atoms with Crippen LogP contribution in [0.5, 0.6) is 11.5 Å². The van der Waals surface area contributed by atoms with Crippen molar-refractivity contribution in [3.05, 3.63) is 188 Å². The number of hydrogen-bond donors (Lipinski definition) is 0. The molecule has 0 unspecified atom stereocenters. The molecule has 3 aromatic heterocycles. The van der Waals surface area contributed by atoms with Crippen molar-refractivity contribution < 1.29 is 9.30 Å². The molecule has 272 valence electrons. The first-order valence-corrected chi connectivity index (χ1v) is 19.5. The fourth-order valence-corrected chi connectivity index (χ4v) is 8.63. The molecule has 0 amide bonds. The minimum atomic E-state index is -0.00611. The highest BCUT2D eigenvalue weighted by atomic mass is 16.5. The van der Waals surface area contributed by atoms with Crippen molar-refractivity contribution >= 4 is 32.8 Å². The molecule has 0 radical (unpaired) electrons. The van der Waals surface area contributed by atoms with Crippen LogP contribution in [0.2, 0.25) is 0 Å². The lowest BCUT2D eigenvalue weighted by molar-refractivity contribution is -0.571. The van der Waals surface area contributed by atoms with Crippen LogP contribution < -0.4 is 9.30 Å². The monoisotopic (exact) mass is 734 g/mol. The van der Waals surface area contributed by atoms with Gasteiger partial charge in [-0.05, 0) is 99.0 Å². The fraction of sp³-hybridized carbons (Fsp3) is 0.0769. The average molecular weight is 735 g/mol. The van der Waals surface area contributed by atoms with Crippen molar-refractivity contribution in [2.24, 2.45) is 0 Å². The van der Waals surface area contributed by atoms with E-state index in [0.717, 1.165) is 67.3 Å². The minimum Gasteiger partial charge on any atom is -0.458 e. The molecule has 11 rings (SSSR count). The van der Waals surface area contributed by atoms with E-state index in [4.69, 9.17) is 9.72 Å². The van der Waals surface area contributed by atoms with Gasteiger partial charge in [-0.15, -0.1) is 0 Å². The molecule has 10 aromatic rings. The molecule has 0 fully saturated rings. The van der Waals surface area contributed by atoms with Crippen LogP contribution in [0.15, 0.2) is 176 Å². The average Bonchev–Trinajstić information content (AvgIpc) is 3.80. The molecule has 7 aromatic carbocycles. The second kappa shape index (κ2) is 12.7. The van der Waals surface area contributed by atoms with Gasteiger partial charge >= 0.3 is 0 Å². The van der Waals surface area contributed by atoms with Crippen molar-refractivity contribution in [3.8, 4) is 62.1 Å². The first-order valence-electron chi connectivity index (χ1n) is 19.5. The maximum Gasteiger partial charge on any atom is 0.269 e. The summed E-state index contributed by atoms with van der Waals surface area (Å²) in [4.78, 5) is 4.87. The van der Waals surface area contributed by atoms with Gasteiger partial charge in [0.1, 0.15) is 17.3 Å². The van der Waals surface area contributed by atoms with E-state index in [-0.39, 0.29) is 5.41 Å². The largest absolute Gasteiger partial charge is 0.458 e. The van der Waals surface area contributed by atoms with Crippen molar-refractivity contribution in [1.82, 2.24) is 14.1 Å². The lowest BCUT2D eigenvalue weighted by atomic mass is 9.88. The zero-order chi connectivity index (χ0) is 38.3. The molecule has 0 aliphatic carbocycles. The third kappa shape index (κ3) is 5.31. The summed E-state index contributed by atoms with van der Waals surface area (Å²) in [5, 5.41) is 2.33. The Kier molecular flexibility index (Phi) is 7.35.